The van der Waals surface area contributed by atoms with E-state index in [1.54, 1.807) is 19.2 Å². The topological polar surface area (TPSA) is 63.6 Å². The summed E-state index contributed by atoms with van der Waals surface area (Å²) < 4.78 is 28.4. The van der Waals surface area contributed by atoms with Crippen molar-refractivity contribution in [1.82, 2.24) is 19.9 Å². The molecule has 0 atom stereocenters. The lowest BCUT2D eigenvalue weighted by Gasteiger charge is -2.11. The molecule has 4 aromatic rings. The summed E-state index contributed by atoms with van der Waals surface area (Å²) in [6, 6.07) is 9.03. The largest absolute Gasteiger partial charge is 0.373 e. The molecule has 2 heterocycles. The number of hydrogen-bond acceptors (Lipinski definition) is 5. The van der Waals surface area contributed by atoms with Gasteiger partial charge in [-0.15, -0.1) is 0 Å². The third-order valence-corrected chi connectivity index (χ3v) is 3.99. The van der Waals surface area contributed by atoms with Crippen molar-refractivity contribution in [1.29, 1.82) is 0 Å². The number of benzene rings is 2. The van der Waals surface area contributed by atoms with Crippen LogP contribution in [0.5, 0.6) is 0 Å². The zero-order chi connectivity index (χ0) is 18.1. The second kappa shape index (κ2) is 6.44. The average molecular weight is 349 g/mol. The Morgan fingerprint density at radius 3 is 2.42 bits per heavy atom. The molecule has 0 fully saturated rings. The molecular weight excluding hydrogens is 336 g/mol. The van der Waals surface area contributed by atoms with E-state index in [-0.39, 0.29) is 17.2 Å². The van der Waals surface area contributed by atoms with Gasteiger partial charge in [0, 0.05) is 30.4 Å². The van der Waals surface area contributed by atoms with E-state index in [2.05, 4.69) is 25.3 Å². The Kier molecular flexibility index (Phi) is 3.96. The number of nitrogens with one attached hydrogen (secondary N) is 1. The molecule has 0 spiro atoms. The number of aromatic nitrogens is 4. The van der Waals surface area contributed by atoms with Crippen LogP contribution in [0.15, 0.2) is 55.0 Å². The molecule has 0 aliphatic carbocycles. The monoisotopic (exact) mass is 349 g/mol. The van der Waals surface area contributed by atoms with Gasteiger partial charge in [-0.1, -0.05) is 18.2 Å². The maximum Gasteiger partial charge on any atom is 0.182 e. The van der Waals surface area contributed by atoms with E-state index in [0.29, 0.717) is 28.0 Å². The quantitative estimate of drug-likeness (QED) is 0.604. The zero-order valence-corrected chi connectivity index (χ0v) is 13.7. The number of fused-ring (bicyclic) bond motifs is 1. The summed E-state index contributed by atoms with van der Waals surface area (Å²) in [4.78, 5) is 16.9. The second-order valence-electron chi connectivity index (χ2n) is 5.57. The Bertz CT molecular complexity index is 1080. The molecule has 0 aliphatic heterocycles. The summed E-state index contributed by atoms with van der Waals surface area (Å²) >= 11 is 0. The zero-order valence-electron chi connectivity index (χ0n) is 13.7. The Balaban J connectivity index is 1.96. The van der Waals surface area contributed by atoms with Gasteiger partial charge in [-0.05, 0) is 23.8 Å². The lowest BCUT2D eigenvalue weighted by atomic mass is 10.0. The van der Waals surface area contributed by atoms with Crippen LogP contribution in [0.3, 0.4) is 0 Å². The maximum absolute atomic E-state index is 15.2. The Hall–Kier alpha value is -3.48. The van der Waals surface area contributed by atoms with Gasteiger partial charge in [0.25, 0.3) is 0 Å². The lowest BCUT2D eigenvalue weighted by molar-refractivity contribution is 0.627. The molecule has 0 radical (unpaired) electrons. The van der Waals surface area contributed by atoms with Crippen molar-refractivity contribution in [3.05, 3.63) is 66.6 Å². The molecule has 0 amide bonds. The fraction of sp³-hybridized carbons (Fsp3) is 0.0526. The predicted molar refractivity (Wildman–Crippen MR) is 95.5 cm³/mol. The van der Waals surface area contributed by atoms with Crippen LogP contribution in [0.2, 0.25) is 0 Å². The highest BCUT2D eigenvalue weighted by Gasteiger charge is 2.16. The summed E-state index contributed by atoms with van der Waals surface area (Å²) in [5, 5.41) is 3.50. The molecule has 7 heteroatoms. The van der Waals surface area contributed by atoms with Gasteiger partial charge in [-0.25, -0.2) is 23.7 Å². The standard InChI is InChI=1S/C19H13F2N5/c1-22-18-14-7-6-13(11-2-4-12(20)5-3-11)16(21)17(14)25-19(26-18)15-10-23-8-9-24-15/h2-10H,1H3,(H,22,25,26). The van der Waals surface area contributed by atoms with Crippen molar-refractivity contribution < 1.29 is 8.78 Å². The van der Waals surface area contributed by atoms with Gasteiger partial charge < -0.3 is 5.32 Å². The molecular formula is C19H13F2N5. The molecule has 26 heavy (non-hydrogen) atoms. The number of rotatable bonds is 3. The van der Waals surface area contributed by atoms with Crippen LogP contribution in [0.25, 0.3) is 33.5 Å². The molecule has 2 aromatic carbocycles. The van der Waals surface area contributed by atoms with Gasteiger partial charge in [-0.3, -0.25) is 4.98 Å². The maximum atomic E-state index is 15.2. The van der Waals surface area contributed by atoms with E-state index in [1.807, 2.05) is 0 Å². The van der Waals surface area contributed by atoms with Gasteiger partial charge in [0.05, 0.1) is 6.20 Å². The number of anilines is 1. The highest BCUT2D eigenvalue weighted by atomic mass is 19.1. The predicted octanol–water partition coefficient (Wildman–Crippen LogP) is 4.07. The fourth-order valence-corrected chi connectivity index (χ4v) is 2.73. The van der Waals surface area contributed by atoms with E-state index < -0.39 is 5.82 Å². The van der Waals surface area contributed by atoms with Crippen LogP contribution >= 0.6 is 0 Å². The van der Waals surface area contributed by atoms with Gasteiger partial charge >= 0.3 is 0 Å². The highest BCUT2D eigenvalue weighted by molar-refractivity contribution is 5.93. The number of halogens is 2. The third-order valence-electron chi connectivity index (χ3n) is 3.99. The Morgan fingerprint density at radius 1 is 0.923 bits per heavy atom. The van der Waals surface area contributed by atoms with Crippen LogP contribution in [0.4, 0.5) is 14.6 Å². The average Bonchev–Trinajstić information content (AvgIpc) is 2.69. The Morgan fingerprint density at radius 2 is 1.73 bits per heavy atom. The van der Waals surface area contributed by atoms with Gasteiger partial charge in [0.2, 0.25) is 0 Å². The molecule has 0 saturated carbocycles. The number of hydrogen-bond donors (Lipinski definition) is 1. The number of nitrogens with zero attached hydrogens (tertiary/aromatic N) is 4. The summed E-state index contributed by atoms with van der Waals surface area (Å²) in [6.45, 7) is 0. The van der Waals surface area contributed by atoms with E-state index in [9.17, 15) is 4.39 Å². The Labute approximate surface area is 147 Å². The SMILES string of the molecule is CNc1nc(-c2cnccn2)nc2c(F)c(-c3ccc(F)cc3)ccc12. The van der Waals surface area contributed by atoms with E-state index in [4.69, 9.17) is 0 Å². The molecule has 2 aromatic heterocycles. The fourth-order valence-electron chi connectivity index (χ4n) is 2.73. The molecule has 128 valence electrons. The van der Waals surface area contributed by atoms with E-state index in [1.165, 1.54) is 42.9 Å². The minimum Gasteiger partial charge on any atom is -0.373 e. The van der Waals surface area contributed by atoms with Gasteiger partial charge in [-0.2, -0.15) is 0 Å². The first-order valence-corrected chi connectivity index (χ1v) is 7.87. The highest BCUT2D eigenvalue weighted by Crippen LogP contribution is 2.32. The lowest BCUT2D eigenvalue weighted by Crippen LogP contribution is -2.02. The van der Waals surface area contributed by atoms with Crippen molar-refractivity contribution in [2.75, 3.05) is 12.4 Å². The summed E-state index contributed by atoms with van der Waals surface area (Å²) in [5.74, 6) is -0.122. The van der Waals surface area contributed by atoms with Gasteiger partial charge in [0.15, 0.2) is 11.6 Å². The van der Waals surface area contributed by atoms with Crippen LogP contribution in [-0.2, 0) is 0 Å². The smallest absolute Gasteiger partial charge is 0.182 e. The molecule has 0 saturated heterocycles. The third kappa shape index (κ3) is 2.73. The van der Waals surface area contributed by atoms with Crippen molar-refractivity contribution >= 4 is 16.7 Å². The van der Waals surface area contributed by atoms with Crippen LogP contribution in [0, 0.1) is 11.6 Å². The molecule has 0 bridgehead atoms. The van der Waals surface area contributed by atoms with Crippen LogP contribution in [0.1, 0.15) is 0 Å². The van der Waals surface area contributed by atoms with Crippen LogP contribution in [-0.4, -0.2) is 27.0 Å². The summed E-state index contributed by atoms with van der Waals surface area (Å²) in [7, 11) is 1.70. The first kappa shape index (κ1) is 16.0. The normalized spacial score (nSPS) is 10.9. The van der Waals surface area contributed by atoms with Crippen LogP contribution < -0.4 is 5.32 Å². The van der Waals surface area contributed by atoms with Crippen molar-refractivity contribution in [3.63, 3.8) is 0 Å². The van der Waals surface area contributed by atoms with E-state index >= 15 is 4.39 Å². The van der Waals surface area contributed by atoms with Crippen molar-refractivity contribution in [3.8, 4) is 22.6 Å². The molecule has 5 nitrogen and oxygen atoms in total. The van der Waals surface area contributed by atoms with E-state index in [0.717, 1.165) is 0 Å². The van der Waals surface area contributed by atoms with Gasteiger partial charge in [0.1, 0.15) is 22.8 Å². The summed E-state index contributed by atoms with van der Waals surface area (Å²) in [5.41, 5.74) is 1.50. The second-order valence-corrected chi connectivity index (χ2v) is 5.57. The molecule has 1 N–H and O–H groups in total. The minimum atomic E-state index is -0.502. The minimum absolute atomic E-state index is 0.159. The first-order valence-electron chi connectivity index (χ1n) is 7.87. The van der Waals surface area contributed by atoms with Crippen molar-refractivity contribution in [2.45, 2.75) is 0 Å². The molecule has 4 rings (SSSR count). The molecule has 0 aliphatic rings. The first-order chi connectivity index (χ1) is 12.7. The molecule has 0 unspecified atom stereocenters. The summed E-state index contributed by atoms with van der Waals surface area (Å²) in [6.07, 6.45) is 4.58. The van der Waals surface area contributed by atoms with Crippen molar-refractivity contribution in [2.24, 2.45) is 0 Å².